The maximum atomic E-state index is 13.3. The van der Waals surface area contributed by atoms with E-state index >= 15 is 0 Å². The number of nitrogens with zero attached hydrogens (tertiary/aromatic N) is 1. The first-order valence-corrected chi connectivity index (χ1v) is 13.0. The molecule has 3 aromatic carbocycles. The van der Waals surface area contributed by atoms with E-state index in [1.807, 2.05) is 0 Å². The van der Waals surface area contributed by atoms with Crippen LogP contribution in [0.2, 0.25) is 0 Å². The third-order valence-electron chi connectivity index (χ3n) is 5.45. The van der Waals surface area contributed by atoms with E-state index in [0.29, 0.717) is 5.56 Å². The van der Waals surface area contributed by atoms with Crippen LogP contribution in [0.4, 0.5) is 14.5 Å². The lowest BCUT2D eigenvalue weighted by Gasteiger charge is -2.28. The van der Waals surface area contributed by atoms with Crippen molar-refractivity contribution in [2.24, 2.45) is 0 Å². The summed E-state index contributed by atoms with van der Waals surface area (Å²) in [6, 6.07) is 14.9. The Bertz CT molecular complexity index is 1360. The number of nitrogens with one attached hydrogen (secondary N) is 2. The summed E-state index contributed by atoms with van der Waals surface area (Å²) in [7, 11) is -3.94. The number of amides is 2. The number of anilines is 1. The molecule has 0 aliphatic carbocycles. The van der Waals surface area contributed by atoms with Crippen molar-refractivity contribution in [3.05, 3.63) is 103 Å². The van der Waals surface area contributed by atoms with Gasteiger partial charge in [-0.1, -0.05) is 18.2 Å². The third-order valence-corrected chi connectivity index (χ3v) is 6.84. The Morgan fingerprint density at radius 2 is 1.55 bits per heavy atom. The maximum Gasteiger partial charge on any atom is 0.261 e. The first-order valence-electron chi connectivity index (χ1n) is 11.5. The summed E-state index contributed by atoms with van der Waals surface area (Å²) >= 11 is 0. The predicted molar refractivity (Wildman–Crippen MR) is 139 cm³/mol. The Kier molecular flexibility index (Phi) is 9.55. The molecule has 2 amide bonds. The number of sulfonamides is 1. The van der Waals surface area contributed by atoms with Gasteiger partial charge in [0.25, 0.3) is 15.9 Å². The van der Waals surface area contributed by atoms with Gasteiger partial charge in [0.1, 0.15) is 23.4 Å². The molecule has 0 fully saturated rings. The van der Waals surface area contributed by atoms with Crippen LogP contribution in [0.3, 0.4) is 0 Å². The number of hydrogen-bond donors (Lipinski definition) is 2. The summed E-state index contributed by atoms with van der Waals surface area (Å²) in [4.78, 5) is 26.8. The van der Waals surface area contributed by atoms with E-state index in [9.17, 15) is 26.8 Å². The standard InChI is InChI=1S/C27H27F2N3O5S/c1-3-16-30-27(34)19(2)32(17-20-4-6-21(28)7-5-20)26(33)18-37-24-12-14-25(15-13-24)38(35,36)31-23-10-8-22(29)9-11-23/h3-15,19,31H,1,16-18H2,2H3,(H,30,34)/t19-/m1/s1. The molecule has 0 aromatic heterocycles. The highest BCUT2D eigenvalue weighted by Gasteiger charge is 2.26. The lowest BCUT2D eigenvalue weighted by atomic mass is 10.1. The molecular formula is C27H27F2N3O5S. The van der Waals surface area contributed by atoms with Gasteiger partial charge in [-0.15, -0.1) is 6.58 Å². The number of rotatable bonds is 12. The molecule has 200 valence electrons. The number of hydrogen-bond acceptors (Lipinski definition) is 5. The van der Waals surface area contributed by atoms with E-state index in [2.05, 4.69) is 16.6 Å². The van der Waals surface area contributed by atoms with E-state index in [-0.39, 0.29) is 29.4 Å². The second kappa shape index (κ2) is 12.8. The topological polar surface area (TPSA) is 105 Å². The van der Waals surface area contributed by atoms with Crippen LogP contribution in [0.15, 0.2) is 90.3 Å². The van der Waals surface area contributed by atoms with Gasteiger partial charge in [0.15, 0.2) is 6.61 Å². The fourth-order valence-electron chi connectivity index (χ4n) is 3.36. The van der Waals surface area contributed by atoms with Crippen LogP contribution >= 0.6 is 0 Å². The molecular weight excluding hydrogens is 516 g/mol. The maximum absolute atomic E-state index is 13.3. The quantitative estimate of drug-likeness (QED) is 0.338. The number of carbonyl (C=O) groups is 2. The highest BCUT2D eigenvalue weighted by molar-refractivity contribution is 7.92. The molecule has 3 rings (SSSR count). The van der Waals surface area contributed by atoms with Gasteiger partial charge in [0.05, 0.1) is 4.90 Å². The number of benzene rings is 3. The lowest BCUT2D eigenvalue weighted by molar-refractivity contribution is -0.142. The summed E-state index contributed by atoms with van der Waals surface area (Å²) < 4.78 is 59.5. The summed E-state index contributed by atoms with van der Waals surface area (Å²) in [6.07, 6.45) is 1.51. The molecule has 2 N–H and O–H groups in total. The van der Waals surface area contributed by atoms with Crippen molar-refractivity contribution in [3.8, 4) is 5.75 Å². The summed E-state index contributed by atoms with van der Waals surface area (Å²) in [6.45, 7) is 4.95. The Labute approximate surface area is 220 Å². The highest BCUT2D eigenvalue weighted by atomic mass is 32.2. The Morgan fingerprint density at radius 3 is 2.13 bits per heavy atom. The largest absolute Gasteiger partial charge is 0.484 e. The molecule has 11 heteroatoms. The Hall–Kier alpha value is -4.25. The minimum absolute atomic E-state index is 0.0391. The molecule has 0 saturated carbocycles. The molecule has 0 aliphatic rings. The zero-order valence-corrected chi connectivity index (χ0v) is 21.4. The molecule has 0 aliphatic heterocycles. The molecule has 38 heavy (non-hydrogen) atoms. The second-order valence-corrected chi connectivity index (χ2v) is 9.91. The fourth-order valence-corrected chi connectivity index (χ4v) is 4.42. The minimum Gasteiger partial charge on any atom is -0.484 e. The Balaban J connectivity index is 1.68. The molecule has 0 spiro atoms. The summed E-state index contributed by atoms with van der Waals surface area (Å²) in [5.74, 6) is -1.60. The van der Waals surface area contributed by atoms with Crippen molar-refractivity contribution in [2.45, 2.75) is 24.4 Å². The smallest absolute Gasteiger partial charge is 0.261 e. The number of ether oxygens (including phenoxy) is 1. The normalized spacial score (nSPS) is 11.8. The fraction of sp³-hybridized carbons (Fsp3) is 0.185. The Morgan fingerprint density at radius 1 is 0.974 bits per heavy atom. The van der Waals surface area contributed by atoms with Crippen molar-refractivity contribution >= 4 is 27.5 Å². The minimum atomic E-state index is -3.94. The van der Waals surface area contributed by atoms with E-state index in [4.69, 9.17) is 4.74 Å². The molecule has 3 aromatic rings. The van der Waals surface area contributed by atoms with Crippen molar-refractivity contribution in [2.75, 3.05) is 17.9 Å². The zero-order valence-electron chi connectivity index (χ0n) is 20.6. The zero-order chi connectivity index (χ0) is 27.7. The van der Waals surface area contributed by atoms with Crippen LogP contribution in [0, 0.1) is 11.6 Å². The average molecular weight is 544 g/mol. The van der Waals surface area contributed by atoms with Crippen molar-refractivity contribution in [3.63, 3.8) is 0 Å². The van der Waals surface area contributed by atoms with Gasteiger partial charge in [-0.2, -0.15) is 0 Å². The summed E-state index contributed by atoms with van der Waals surface area (Å²) in [5.41, 5.74) is 0.816. The lowest BCUT2D eigenvalue weighted by Crippen LogP contribution is -2.49. The van der Waals surface area contributed by atoms with Gasteiger partial charge in [-0.3, -0.25) is 14.3 Å². The van der Waals surface area contributed by atoms with E-state index in [0.717, 1.165) is 12.1 Å². The van der Waals surface area contributed by atoms with Gasteiger partial charge in [-0.05, 0) is 73.2 Å². The molecule has 0 heterocycles. The van der Waals surface area contributed by atoms with Crippen LogP contribution in [-0.2, 0) is 26.2 Å². The number of carbonyl (C=O) groups excluding carboxylic acids is 2. The van der Waals surface area contributed by atoms with Crippen LogP contribution in [0.1, 0.15) is 12.5 Å². The highest BCUT2D eigenvalue weighted by Crippen LogP contribution is 2.20. The summed E-state index contributed by atoms with van der Waals surface area (Å²) in [5, 5.41) is 2.64. The van der Waals surface area contributed by atoms with E-state index in [1.165, 1.54) is 71.6 Å². The van der Waals surface area contributed by atoms with Gasteiger partial charge in [0, 0.05) is 18.8 Å². The van der Waals surface area contributed by atoms with Crippen molar-refractivity contribution in [1.82, 2.24) is 10.2 Å². The molecule has 0 bridgehead atoms. The molecule has 0 saturated heterocycles. The SMILES string of the molecule is C=CCNC(=O)[C@@H](C)N(Cc1ccc(F)cc1)C(=O)COc1ccc(S(=O)(=O)Nc2ccc(F)cc2)cc1. The number of halogens is 2. The molecule has 0 radical (unpaired) electrons. The molecule has 1 atom stereocenters. The van der Waals surface area contributed by atoms with Crippen molar-refractivity contribution in [1.29, 1.82) is 0 Å². The van der Waals surface area contributed by atoms with E-state index in [1.54, 1.807) is 6.92 Å². The van der Waals surface area contributed by atoms with Gasteiger partial charge >= 0.3 is 0 Å². The van der Waals surface area contributed by atoms with Gasteiger partial charge in [-0.25, -0.2) is 17.2 Å². The van der Waals surface area contributed by atoms with Gasteiger partial charge < -0.3 is 15.0 Å². The van der Waals surface area contributed by atoms with E-state index < -0.39 is 46.1 Å². The van der Waals surface area contributed by atoms with Crippen LogP contribution in [0.5, 0.6) is 5.75 Å². The monoisotopic (exact) mass is 543 g/mol. The predicted octanol–water partition coefficient (Wildman–Crippen LogP) is 3.86. The molecule has 8 nitrogen and oxygen atoms in total. The van der Waals surface area contributed by atoms with Gasteiger partial charge in [0.2, 0.25) is 5.91 Å². The second-order valence-electron chi connectivity index (χ2n) is 8.23. The van der Waals surface area contributed by atoms with Crippen molar-refractivity contribution < 1.29 is 31.5 Å². The van der Waals surface area contributed by atoms with Crippen LogP contribution < -0.4 is 14.8 Å². The first-order chi connectivity index (χ1) is 18.1. The van der Waals surface area contributed by atoms with Crippen LogP contribution in [-0.4, -0.2) is 44.3 Å². The van der Waals surface area contributed by atoms with Crippen LogP contribution in [0.25, 0.3) is 0 Å². The third kappa shape index (κ3) is 7.87. The molecule has 0 unspecified atom stereocenters. The average Bonchev–Trinajstić information content (AvgIpc) is 2.91. The first kappa shape index (κ1) is 28.3.